The van der Waals surface area contributed by atoms with Crippen LogP contribution in [0, 0.1) is 0 Å². The number of allylic oxidation sites excluding steroid dienone is 1. The zero-order valence-electron chi connectivity index (χ0n) is 15.6. The van der Waals surface area contributed by atoms with E-state index in [1.807, 2.05) is 0 Å². The van der Waals surface area contributed by atoms with Gasteiger partial charge in [0.25, 0.3) is 0 Å². The van der Waals surface area contributed by atoms with Crippen molar-refractivity contribution in [2.45, 2.75) is 71.0 Å². The summed E-state index contributed by atoms with van der Waals surface area (Å²) < 4.78 is 12.3. The van der Waals surface area contributed by atoms with Crippen LogP contribution in [0.15, 0.2) is 23.9 Å². The lowest BCUT2D eigenvalue weighted by Gasteiger charge is -2.37. The second-order valence-electron chi connectivity index (χ2n) is 8.23. The van der Waals surface area contributed by atoms with E-state index in [1.165, 1.54) is 4.90 Å². The Bertz CT molecular complexity index is 588. The fourth-order valence-corrected chi connectivity index (χ4v) is 3.48. The van der Waals surface area contributed by atoms with Gasteiger partial charge in [-0.25, -0.2) is 0 Å². The molecule has 0 radical (unpaired) electrons. The van der Waals surface area contributed by atoms with Gasteiger partial charge in [0.15, 0.2) is 14.1 Å². The smallest absolute Gasteiger partial charge is 0.236 e. The van der Waals surface area contributed by atoms with Gasteiger partial charge in [-0.3, -0.25) is 14.5 Å². The van der Waals surface area contributed by atoms with E-state index in [-0.39, 0.29) is 35.5 Å². The Morgan fingerprint density at radius 1 is 1.38 bits per heavy atom. The minimum atomic E-state index is -1.86. The van der Waals surface area contributed by atoms with Gasteiger partial charge in [-0.1, -0.05) is 27.4 Å². The summed E-state index contributed by atoms with van der Waals surface area (Å²) in [5.41, 5.74) is 1.53. The zero-order chi connectivity index (χ0) is 18.3. The Kier molecular flexibility index (Phi) is 5.23. The first-order valence-electron chi connectivity index (χ1n) is 8.42. The third-order valence-electron chi connectivity index (χ3n) is 5.30. The minimum Gasteiger partial charge on any atom is -0.414 e. The molecule has 24 heavy (non-hydrogen) atoms. The molecule has 1 amide bonds. The summed E-state index contributed by atoms with van der Waals surface area (Å²) in [6.07, 6.45) is 1.50. The highest BCUT2D eigenvalue weighted by atomic mass is 28.4. The molecular formula is C18H29NO4Si. The van der Waals surface area contributed by atoms with Gasteiger partial charge in [0.2, 0.25) is 5.91 Å². The number of carbonyl (C=O) groups is 2. The van der Waals surface area contributed by atoms with E-state index in [9.17, 15) is 9.59 Å². The summed E-state index contributed by atoms with van der Waals surface area (Å²) in [7, 11) is -1.86. The molecule has 0 unspecified atom stereocenters. The number of Topliss-reactive ketones (excluding diaryl/α,β-unsaturated/α-hetero) is 1. The number of nitrogens with zero attached hydrogens (tertiary/aromatic N) is 1. The second-order valence-corrected chi connectivity index (χ2v) is 13.0. The van der Waals surface area contributed by atoms with Gasteiger partial charge in [-0.05, 0) is 30.6 Å². The molecule has 2 aliphatic rings. The average molecular weight is 352 g/mol. The summed E-state index contributed by atoms with van der Waals surface area (Å²) >= 11 is 0. The molecule has 0 aromatic carbocycles. The van der Waals surface area contributed by atoms with Crippen molar-refractivity contribution < 1.29 is 18.8 Å². The van der Waals surface area contributed by atoms with E-state index in [1.54, 1.807) is 13.1 Å². The number of ketones is 1. The van der Waals surface area contributed by atoms with Crippen molar-refractivity contribution in [2.75, 3.05) is 6.61 Å². The molecule has 0 bridgehead atoms. The summed E-state index contributed by atoms with van der Waals surface area (Å²) in [6.45, 7) is 17.3. The molecular weight excluding hydrogens is 322 g/mol. The van der Waals surface area contributed by atoms with E-state index >= 15 is 0 Å². The molecule has 2 atom stereocenters. The molecule has 0 saturated carbocycles. The molecule has 0 spiro atoms. The Morgan fingerprint density at radius 2 is 2.00 bits per heavy atom. The summed E-state index contributed by atoms with van der Waals surface area (Å²) in [4.78, 5) is 25.3. The van der Waals surface area contributed by atoms with Crippen LogP contribution in [-0.4, -0.2) is 43.8 Å². The third kappa shape index (κ3) is 3.87. The SMILES string of the molecule is C=C1C[C@@H](N2C=C(C)C(=O)CC2=O)O[C@H]1CO[Si](C)(C)C(C)(C)C. The largest absolute Gasteiger partial charge is 0.414 e. The lowest BCUT2D eigenvalue weighted by atomic mass is 10.1. The predicted octanol–water partition coefficient (Wildman–Crippen LogP) is 3.38. The van der Waals surface area contributed by atoms with Gasteiger partial charge in [0.1, 0.15) is 12.3 Å². The molecule has 134 valence electrons. The molecule has 0 aromatic rings. The van der Waals surface area contributed by atoms with Crippen molar-refractivity contribution in [1.29, 1.82) is 0 Å². The monoisotopic (exact) mass is 351 g/mol. The lowest BCUT2D eigenvalue weighted by molar-refractivity contribution is -0.143. The number of ether oxygens (including phenoxy) is 1. The normalized spacial score (nSPS) is 26.2. The molecule has 1 saturated heterocycles. The van der Waals surface area contributed by atoms with E-state index in [4.69, 9.17) is 9.16 Å². The number of hydrogen-bond donors (Lipinski definition) is 0. The maximum atomic E-state index is 12.1. The van der Waals surface area contributed by atoms with E-state index < -0.39 is 8.32 Å². The van der Waals surface area contributed by atoms with Crippen LogP contribution in [0.3, 0.4) is 0 Å². The quantitative estimate of drug-likeness (QED) is 0.443. The first-order valence-corrected chi connectivity index (χ1v) is 11.3. The van der Waals surface area contributed by atoms with E-state index in [0.29, 0.717) is 18.6 Å². The first-order chi connectivity index (χ1) is 10.9. The van der Waals surface area contributed by atoms with Gasteiger partial charge in [-0.2, -0.15) is 0 Å². The minimum absolute atomic E-state index is 0.0835. The van der Waals surface area contributed by atoms with Gasteiger partial charge < -0.3 is 9.16 Å². The second kappa shape index (κ2) is 6.58. The Labute approximate surface area is 145 Å². The van der Waals surface area contributed by atoms with Crippen molar-refractivity contribution in [3.8, 4) is 0 Å². The van der Waals surface area contributed by atoms with Gasteiger partial charge in [0, 0.05) is 18.2 Å². The van der Waals surface area contributed by atoms with Gasteiger partial charge >= 0.3 is 0 Å². The van der Waals surface area contributed by atoms with Crippen LogP contribution in [0.25, 0.3) is 0 Å². The molecule has 6 heteroatoms. The molecule has 2 heterocycles. The maximum absolute atomic E-state index is 12.1. The van der Waals surface area contributed by atoms with Crippen LogP contribution in [0.5, 0.6) is 0 Å². The van der Waals surface area contributed by atoms with Crippen molar-refractivity contribution >= 4 is 20.0 Å². The van der Waals surface area contributed by atoms with Crippen molar-refractivity contribution in [2.24, 2.45) is 0 Å². The Hall–Kier alpha value is -1.24. The predicted molar refractivity (Wildman–Crippen MR) is 95.8 cm³/mol. The molecule has 2 aliphatic heterocycles. The highest BCUT2D eigenvalue weighted by Gasteiger charge is 2.41. The van der Waals surface area contributed by atoms with Crippen LogP contribution in [0.1, 0.15) is 40.5 Å². The molecule has 1 fully saturated rings. The van der Waals surface area contributed by atoms with Gasteiger partial charge in [0.05, 0.1) is 13.0 Å². The average Bonchev–Trinajstić information content (AvgIpc) is 2.80. The summed E-state index contributed by atoms with van der Waals surface area (Å²) in [5.74, 6) is -0.333. The van der Waals surface area contributed by atoms with Gasteiger partial charge in [-0.15, -0.1) is 0 Å². The van der Waals surface area contributed by atoms with Crippen LogP contribution in [-0.2, 0) is 18.8 Å². The maximum Gasteiger partial charge on any atom is 0.236 e. The van der Waals surface area contributed by atoms with Crippen molar-refractivity contribution in [3.05, 3.63) is 23.9 Å². The van der Waals surface area contributed by atoms with Crippen molar-refractivity contribution in [3.63, 3.8) is 0 Å². The van der Waals surface area contributed by atoms with Crippen LogP contribution in [0.2, 0.25) is 18.1 Å². The number of rotatable bonds is 4. The molecule has 5 nitrogen and oxygen atoms in total. The number of amides is 1. The number of hydrogen-bond acceptors (Lipinski definition) is 4. The molecule has 0 aliphatic carbocycles. The standard InChI is InChI=1S/C18H29NO4Si/c1-12-8-17(19-10-13(2)14(20)9-16(19)21)23-15(12)11-22-24(6,7)18(3,4)5/h10,15,17H,1,8-9,11H2,2-7H3/t15-,17-/m0/s1. The van der Waals surface area contributed by atoms with Crippen LogP contribution in [0.4, 0.5) is 0 Å². The van der Waals surface area contributed by atoms with Crippen LogP contribution >= 0.6 is 0 Å². The van der Waals surface area contributed by atoms with E-state index in [0.717, 1.165) is 5.57 Å². The fourth-order valence-electron chi connectivity index (χ4n) is 2.48. The van der Waals surface area contributed by atoms with E-state index in [2.05, 4.69) is 40.4 Å². The highest BCUT2D eigenvalue weighted by Crippen LogP contribution is 2.38. The third-order valence-corrected chi connectivity index (χ3v) is 9.80. The molecule has 0 aromatic heterocycles. The molecule has 2 rings (SSSR count). The van der Waals surface area contributed by atoms with Crippen LogP contribution < -0.4 is 0 Å². The summed E-state index contributed by atoms with van der Waals surface area (Å²) in [5, 5.41) is 0.134. The topological polar surface area (TPSA) is 55.8 Å². The molecule has 0 N–H and O–H groups in total. The highest BCUT2D eigenvalue weighted by molar-refractivity contribution is 6.74. The zero-order valence-corrected chi connectivity index (χ0v) is 16.6. The van der Waals surface area contributed by atoms with Crippen molar-refractivity contribution in [1.82, 2.24) is 4.90 Å². The summed E-state index contributed by atoms with van der Waals surface area (Å²) in [6, 6.07) is 0. The lowest BCUT2D eigenvalue weighted by Crippen LogP contribution is -2.43. The Balaban J connectivity index is 2.01. The fraction of sp³-hybridized carbons (Fsp3) is 0.667. The number of carbonyl (C=O) groups excluding carboxylic acids is 2. The Morgan fingerprint density at radius 3 is 2.58 bits per heavy atom. The first kappa shape index (κ1) is 19.1.